The van der Waals surface area contributed by atoms with Crippen LogP contribution in [-0.4, -0.2) is 30.7 Å². The van der Waals surface area contributed by atoms with E-state index in [-0.39, 0.29) is 12.3 Å². The molecule has 0 saturated heterocycles. The van der Waals surface area contributed by atoms with Gasteiger partial charge in [0.2, 0.25) is 0 Å². The van der Waals surface area contributed by atoms with E-state index in [0.29, 0.717) is 6.42 Å². The first-order valence-electron chi connectivity index (χ1n) is 8.09. The SMILES string of the molecule is CCCCCCCCCCCC(=O)CNC(C)S(=O)(=O)O. The van der Waals surface area contributed by atoms with E-state index in [2.05, 4.69) is 12.2 Å². The zero-order chi connectivity index (χ0) is 16.1. The Morgan fingerprint density at radius 3 is 1.95 bits per heavy atom. The second-order valence-corrected chi connectivity index (χ2v) is 7.39. The topological polar surface area (TPSA) is 83.5 Å². The zero-order valence-electron chi connectivity index (χ0n) is 13.4. The van der Waals surface area contributed by atoms with Crippen molar-refractivity contribution in [2.45, 2.75) is 83.4 Å². The standard InChI is InChI=1S/C15H31NO4S/c1-3-4-5-6-7-8-9-10-11-12-15(17)13-16-14(2)21(18,19)20/h14,16H,3-13H2,1-2H3,(H,18,19,20). The van der Waals surface area contributed by atoms with Crippen molar-refractivity contribution in [3.63, 3.8) is 0 Å². The third-order valence-electron chi connectivity index (χ3n) is 3.59. The van der Waals surface area contributed by atoms with E-state index in [1.54, 1.807) is 0 Å². The minimum atomic E-state index is -4.10. The predicted octanol–water partition coefficient (Wildman–Crippen LogP) is 3.30. The third kappa shape index (κ3) is 13.0. The molecule has 0 radical (unpaired) electrons. The van der Waals surface area contributed by atoms with Gasteiger partial charge in [-0.2, -0.15) is 8.42 Å². The Morgan fingerprint density at radius 1 is 1.00 bits per heavy atom. The van der Waals surface area contributed by atoms with Gasteiger partial charge < -0.3 is 0 Å². The number of Topliss-reactive ketones (excluding diaryl/α,β-unsaturated/α-hetero) is 1. The van der Waals surface area contributed by atoms with Gasteiger partial charge in [-0.05, 0) is 13.3 Å². The maximum absolute atomic E-state index is 11.5. The highest BCUT2D eigenvalue weighted by Gasteiger charge is 2.17. The molecule has 0 rings (SSSR count). The molecule has 6 heteroatoms. The van der Waals surface area contributed by atoms with Gasteiger partial charge in [0.15, 0.2) is 0 Å². The molecule has 0 bridgehead atoms. The van der Waals surface area contributed by atoms with Gasteiger partial charge in [-0.3, -0.25) is 14.7 Å². The summed E-state index contributed by atoms with van der Waals surface area (Å²) in [5, 5.41) is 1.42. The highest BCUT2D eigenvalue weighted by atomic mass is 32.2. The minimum Gasteiger partial charge on any atom is -0.298 e. The van der Waals surface area contributed by atoms with Gasteiger partial charge in [0.05, 0.1) is 6.54 Å². The summed E-state index contributed by atoms with van der Waals surface area (Å²) < 4.78 is 30.3. The molecule has 0 aliphatic heterocycles. The van der Waals surface area contributed by atoms with E-state index in [1.165, 1.54) is 45.4 Å². The summed E-state index contributed by atoms with van der Waals surface area (Å²) in [6.07, 6.45) is 11.3. The van der Waals surface area contributed by atoms with Gasteiger partial charge in [0, 0.05) is 6.42 Å². The van der Waals surface area contributed by atoms with Gasteiger partial charge in [-0.25, -0.2) is 0 Å². The van der Waals surface area contributed by atoms with Crippen LogP contribution in [0.3, 0.4) is 0 Å². The number of carbonyl (C=O) groups is 1. The molecule has 0 aromatic carbocycles. The molecule has 2 N–H and O–H groups in total. The van der Waals surface area contributed by atoms with Crippen LogP contribution in [0.25, 0.3) is 0 Å². The summed E-state index contributed by atoms with van der Waals surface area (Å²) in [5.41, 5.74) is 0. The average molecular weight is 321 g/mol. The minimum absolute atomic E-state index is 0.00201. The van der Waals surface area contributed by atoms with E-state index < -0.39 is 15.5 Å². The van der Waals surface area contributed by atoms with Crippen LogP contribution < -0.4 is 5.32 Å². The van der Waals surface area contributed by atoms with Crippen molar-refractivity contribution >= 4 is 15.9 Å². The number of hydrogen-bond donors (Lipinski definition) is 2. The van der Waals surface area contributed by atoms with Crippen molar-refractivity contribution in [2.75, 3.05) is 6.54 Å². The Kier molecular flexibility index (Phi) is 11.9. The second-order valence-electron chi connectivity index (χ2n) is 5.66. The zero-order valence-corrected chi connectivity index (χ0v) is 14.3. The second kappa shape index (κ2) is 12.1. The Bertz CT molecular complexity index is 368. The lowest BCUT2D eigenvalue weighted by atomic mass is 10.1. The van der Waals surface area contributed by atoms with E-state index in [1.807, 2.05) is 0 Å². The van der Waals surface area contributed by atoms with Crippen LogP contribution in [0.1, 0.15) is 78.1 Å². The Labute approximate surface area is 129 Å². The smallest absolute Gasteiger partial charge is 0.280 e. The molecule has 0 aromatic rings. The van der Waals surface area contributed by atoms with Crippen molar-refractivity contribution in [1.29, 1.82) is 0 Å². The highest BCUT2D eigenvalue weighted by Crippen LogP contribution is 2.10. The lowest BCUT2D eigenvalue weighted by Gasteiger charge is -2.09. The molecule has 5 nitrogen and oxygen atoms in total. The van der Waals surface area contributed by atoms with Crippen molar-refractivity contribution in [1.82, 2.24) is 5.32 Å². The summed E-state index contributed by atoms with van der Waals surface area (Å²) >= 11 is 0. The van der Waals surface area contributed by atoms with Gasteiger partial charge in [0.25, 0.3) is 10.1 Å². The Hall–Kier alpha value is -0.460. The fourth-order valence-electron chi connectivity index (χ4n) is 2.08. The molecular weight excluding hydrogens is 290 g/mol. The van der Waals surface area contributed by atoms with E-state index in [4.69, 9.17) is 4.55 Å². The molecule has 0 heterocycles. The summed E-state index contributed by atoms with van der Waals surface area (Å²) in [4.78, 5) is 11.5. The number of unbranched alkanes of at least 4 members (excludes halogenated alkanes) is 8. The first-order chi connectivity index (χ1) is 9.88. The van der Waals surface area contributed by atoms with Gasteiger partial charge in [-0.15, -0.1) is 0 Å². The molecule has 1 unspecified atom stereocenters. The van der Waals surface area contributed by atoms with Crippen LogP contribution in [0.2, 0.25) is 0 Å². The number of carbonyl (C=O) groups excluding carboxylic acids is 1. The largest absolute Gasteiger partial charge is 0.298 e. The van der Waals surface area contributed by atoms with E-state index >= 15 is 0 Å². The first-order valence-corrected chi connectivity index (χ1v) is 9.59. The molecule has 0 saturated carbocycles. The van der Waals surface area contributed by atoms with Crippen LogP contribution in [-0.2, 0) is 14.9 Å². The molecule has 0 spiro atoms. The molecule has 21 heavy (non-hydrogen) atoms. The quantitative estimate of drug-likeness (QED) is 0.379. The lowest BCUT2D eigenvalue weighted by molar-refractivity contribution is -0.118. The molecule has 0 aliphatic carbocycles. The van der Waals surface area contributed by atoms with Crippen molar-refractivity contribution < 1.29 is 17.8 Å². The maximum atomic E-state index is 11.5. The normalized spacial score (nSPS) is 13.3. The predicted molar refractivity (Wildman–Crippen MR) is 85.9 cm³/mol. The number of hydrogen-bond acceptors (Lipinski definition) is 4. The number of ketones is 1. The van der Waals surface area contributed by atoms with Crippen LogP contribution in [0.5, 0.6) is 0 Å². The fourth-order valence-corrected chi connectivity index (χ4v) is 2.38. The third-order valence-corrected chi connectivity index (χ3v) is 4.65. The summed E-state index contributed by atoms with van der Waals surface area (Å²) in [5.74, 6) is -0.00607. The Balaban J connectivity index is 3.42. The lowest BCUT2D eigenvalue weighted by Crippen LogP contribution is -2.37. The molecule has 0 aromatic heterocycles. The Morgan fingerprint density at radius 2 is 1.48 bits per heavy atom. The van der Waals surface area contributed by atoms with Gasteiger partial charge >= 0.3 is 0 Å². The molecule has 126 valence electrons. The number of nitrogens with one attached hydrogen (secondary N) is 1. The molecular formula is C15H31NO4S. The first kappa shape index (κ1) is 20.5. The maximum Gasteiger partial charge on any atom is 0.280 e. The summed E-state index contributed by atoms with van der Waals surface area (Å²) in [7, 11) is -4.10. The number of rotatable bonds is 14. The molecule has 0 aliphatic rings. The van der Waals surface area contributed by atoms with Crippen molar-refractivity contribution in [2.24, 2.45) is 0 Å². The molecule has 0 amide bonds. The van der Waals surface area contributed by atoms with Crippen LogP contribution in [0, 0.1) is 0 Å². The molecule has 0 fully saturated rings. The average Bonchev–Trinajstić information content (AvgIpc) is 2.41. The van der Waals surface area contributed by atoms with Crippen LogP contribution >= 0.6 is 0 Å². The van der Waals surface area contributed by atoms with E-state index in [0.717, 1.165) is 19.3 Å². The monoisotopic (exact) mass is 321 g/mol. The van der Waals surface area contributed by atoms with Gasteiger partial charge in [0.1, 0.15) is 11.2 Å². The summed E-state index contributed by atoms with van der Waals surface area (Å²) in [6, 6.07) is 0. The van der Waals surface area contributed by atoms with Crippen molar-refractivity contribution in [3.8, 4) is 0 Å². The summed E-state index contributed by atoms with van der Waals surface area (Å²) in [6.45, 7) is 3.53. The van der Waals surface area contributed by atoms with E-state index in [9.17, 15) is 13.2 Å². The fraction of sp³-hybridized carbons (Fsp3) is 0.933. The highest BCUT2D eigenvalue weighted by molar-refractivity contribution is 7.86. The van der Waals surface area contributed by atoms with Crippen LogP contribution in [0.4, 0.5) is 0 Å². The van der Waals surface area contributed by atoms with Gasteiger partial charge in [-0.1, -0.05) is 58.3 Å². The molecule has 1 atom stereocenters. The van der Waals surface area contributed by atoms with Crippen molar-refractivity contribution in [3.05, 3.63) is 0 Å². The van der Waals surface area contributed by atoms with Crippen LogP contribution in [0.15, 0.2) is 0 Å².